The van der Waals surface area contributed by atoms with E-state index < -0.39 is 17.7 Å². The van der Waals surface area contributed by atoms with Crippen LogP contribution in [0.3, 0.4) is 0 Å². The monoisotopic (exact) mass is 491 g/mol. The van der Waals surface area contributed by atoms with Crippen molar-refractivity contribution in [1.29, 1.82) is 0 Å². The molecule has 0 aromatic heterocycles. The SMILES string of the molecule is CC(C)(C)c1ccc(C2/C(=C(/O)c3cccc(Cl)c3)C(=O)C(=O)N2CCc2ccc(F)cc2)cc1. The second-order valence-electron chi connectivity index (χ2n) is 9.75. The van der Waals surface area contributed by atoms with Crippen LogP contribution in [0.1, 0.15) is 49.1 Å². The van der Waals surface area contributed by atoms with Gasteiger partial charge in [0.25, 0.3) is 11.7 Å². The number of likely N-dealkylation sites (tertiary alicyclic amines) is 1. The number of benzene rings is 3. The van der Waals surface area contributed by atoms with E-state index in [1.807, 2.05) is 24.3 Å². The van der Waals surface area contributed by atoms with Crippen LogP contribution in [-0.2, 0) is 21.4 Å². The molecule has 6 heteroatoms. The first kappa shape index (κ1) is 24.7. The Morgan fingerprint density at radius 3 is 2.26 bits per heavy atom. The summed E-state index contributed by atoms with van der Waals surface area (Å²) in [5.74, 6) is -2.03. The Morgan fingerprint density at radius 2 is 1.66 bits per heavy atom. The van der Waals surface area contributed by atoms with Gasteiger partial charge in [-0.2, -0.15) is 0 Å². The molecule has 1 aliphatic heterocycles. The van der Waals surface area contributed by atoms with Gasteiger partial charge in [-0.3, -0.25) is 9.59 Å². The Morgan fingerprint density at radius 1 is 1.00 bits per heavy atom. The number of nitrogens with zero attached hydrogens (tertiary/aromatic N) is 1. The van der Waals surface area contributed by atoms with E-state index in [9.17, 15) is 19.1 Å². The molecule has 180 valence electrons. The minimum Gasteiger partial charge on any atom is -0.507 e. The Hall–Kier alpha value is -3.44. The van der Waals surface area contributed by atoms with Crippen LogP contribution in [0, 0.1) is 5.82 Å². The Balaban J connectivity index is 1.78. The van der Waals surface area contributed by atoms with Gasteiger partial charge in [-0.05, 0) is 52.8 Å². The highest BCUT2D eigenvalue weighted by Gasteiger charge is 2.45. The largest absolute Gasteiger partial charge is 0.507 e. The van der Waals surface area contributed by atoms with Crippen molar-refractivity contribution < 1.29 is 19.1 Å². The summed E-state index contributed by atoms with van der Waals surface area (Å²) in [5, 5.41) is 11.6. The van der Waals surface area contributed by atoms with Crippen molar-refractivity contribution in [2.45, 2.75) is 38.6 Å². The zero-order valence-electron chi connectivity index (χ0n) is 19.9. The quantitative estimate of drug-likeness (QED) is 0.254. The van der Waals surface area contributed by atoms with Crippen molar-refractivity contribution >= 4 is 29.1 Å². The highest BCUT2D eigenvalue weighted by atomic mass is 35.5. The van der Waals surface area contributed by atoms with E-state index in [4.69, 9.17) is 11.6 Å². The number of Topliss-reactive ketones (excluding diaryl/α,β-unsaturated/α-hetero) is 1. The van der Waals surface area contributed by atoms with Gasteiger partial charge >= 0.3 is 0 Å². The number of rotatable bonds is 5. The molecule has 1 unspecified atom stereocenters. The molecular weight excluding hydrogens is 465 g/mol. The number of carbonyl (C=O) groups excluding carboxylic acids is 2. The number of hydrogen-bond acceptors (Lipinski definition) is 3. The fourth-order valence-corrected chi connectivity index (χ4v) is 4.50. The van der Waals surface area contributed by atoms with Crippen LogP contribution < -0.4 is 0 Å². The zero-order valence-corrected chi connectivity index (χ0v) is 20.6. The van der Waals surface area contributed by atoms with Crippen LogP contribution in [0.5, 0.6) is 0 Å². The number of amides is 1. The summed E-state index contributed by atoms with van der Waals surface area (Å²) in [6.07, 6.45) is 0.432. The lowest BCUT2D eigenvalue weighted by atomic mass is 9.85. The molecule has 0 saturated carbocycles. The molecule has 1 saturated heterocycles. The molecule has 1 N–H and O–H groups in total. The molecule has 0 aliphatic carbocycles. The Bertz CT molecular complexity index is 1290. The third-order valence-corrected chi connectivity index (χ3v) is 6.52. The third kappa shape index (κ3) is 5.15. The molecule has 1 heterocycles. The molecule has 1 amide bonds. The van der Waals surface area contributed by atoms with E-state index in [1.165, 1.54) is 17.0 Å². The fourth-order valence-electron chi connectivity index (χ4n) is 4.31. The minimum absolute atomic E-state index is 0.0277. The van der Waals surface area contributed by atoms with Crippen molar-refractivity contribution in [2.24, 2.45) is 0 Å². The molecule has 3 aromatic carbocycles. The lowest BCUT2D eigenvalue weighted by Crippen LogP contribution is -2.31. The van der Waals surface area contributed by atoms with Crippen molar-refractivity contribution in [3.05, 3.63) is 111 Å². The summed E-state index contributed by atoms with van der Waals surface area (Å²) in [4.78, 5) is 27.8. The molecule has 1 atom stereocenters. The third-order valence-electron chi connectivity index (χ3n) is 6.29. The van der Waals surface area contributed by atoms with Gasteiger partial charge in [0.15, 0.2) is 0 Å². The molecule has 4 nitrogen and oxygen atoms in total. The summed E-state index contributed by atoms with van der Waals surface area (Å²) < 4.78 is 13.3. The normalized spacial score (nSPS) is 17.7. The summed E-state index contributed by atoms with van der Waals surface area (Å²) in [7, 11) is 0. The van der Waals surface area contributed by atoms with Gasteiger partial charge in [0.05, 0.1) is 11.6 Å². The zero-order chi connectivity index (χ0) is 25.3. The highest BCUT2D eigenvalue weighted by molar-refractivity contribution is 6.46. The summed E-state index contributed by atoms with van der Waals surface area (Å²) in [6, 6.07) is 19.6. The average molecular weight is 492 g/mol. The van der Waals surface area contributed by atoms with E-state index >= 15 is 0 Å². The first-order valence-electron chi connectivity index (χ1n) is 11.5. The van der Waals surface area contributed by atoms with Crippen molar-refractivity contribution in [2.75, 3.05) is 6.54 Å². The first-order chi connectivity index (χ1) is 16.6. The molecule has 3 aromatic rings. The number of hydrogen-bond donors (Lipinski definition) is 1. The molecule has 4 rings (SSSR count). The topological polar surface area (TPSA) is 57.6 Å². The predicted molar refractivity (Wildman–Crippen MR) is 136 cm³/mol. The van der Waals surface area contributed by atoms with Gasteiger partial charge < -0.3 is 10.0 Å². The predicted octanol–water partition coefficient (Wildman–Crippen LogP) is 6.44. The number of halogens is 2. The Labute approximate surface area is 209 Å². The number of aliphatic hydroxyl groups excluding tert-OH is 1. The average Bonchev–Trinajstić information content (AvgIpc) is 3.07. The van der Waals surface area contributed by atoms with Gasteiger partial charge in [-0.1, -0.05) is 80.9 Å². The van der Waals surface area contributed by atoms with Crippen LogP contribution in [0.4, 0.5) is 4.39 Å². The number of aliphatic hydroxyl groups is 1. The summed E-state index contributed by atoms with van der Waals surface area (Å²) in [5.41, 5.74) is 3.00. The lowest BCUT2D eigenvalue weighted by molar-refractivity contribution is -0.139. The first-order valence-corrected chi connectivity index (χ1v) is 11.8. The van der Waals surface area contributed by atoms with E-state index in [2.05, 4.69) is 20.8 Å². The fraction of sp³-hybridized carbons (Fsp3) is 0.241. The van der Waals surface area contributed by atoms with Gasteiger partial charge in [0.2, 0.25) is 0 Å². The van der Waals surface area contributed by atoms with Gasteiger partial charge in [0, 0.05) is 17.1 Å². The smallest absolute Gasteiger partial charge is 0.295 e. The second-order valence-corrected chi connectivity index (χ2v) is 10.2. The van der Waals surface area contributed by atoms with Gasteiger partial charge in [-0.15, -0.1) is 0 Å². The maximum absolute atomic E-state index is 13.3. The number of ketones is 1. The van der Waals surface area contributed by atoms with Crippen LogP contribution in [0.15, 0.2) is 78.4 Å². The van der Waals surface area contributed by atoms with E-state index in [1.54, 1.807) is 36.4 Å². The molecule has 35 heavy (non-hydrogen) atoms. The molecule has 0 radical (unpaired) electrons. The summed E-state index contributed by atoms with van der Waals surface area (Å²) >= 11 is 6.11. The molecule has 1 aliphatic rings. The second kappa shape index (κ2) is 9.67. The maximum Gasteiger partial charge on any atom is 0.295 e. The van der Waals surface area contributed by atoms with Crippen LogP contribution >= 0.6 is 11.6 Å². The lowest BCUT2D eigenvalue weighted by Gasteiger charge is -2.26. The standard InChI is InChI=1S/C29H27ClFNO3/c1-29(2,3)21-11-9-19(10-12-21)25-24(26(33)20-5-4-6-22(30)17-20)27(34)28(35)32(25)16-15-18-7-13-23(31)14-8-18/h4-14,17,25,33H,15-16H2,1-3H3/b26-24-. The minimum atomic E-state index is -0.761. The number of carbonyl (C=O) groups is 2. The maximum atomic E-state index is 13.3. The van der Waals surface area contributed by atoms with E-state index in [0.717, 1.165) is 16.7 Å². The van der Waals surface area contributed by atoms with Crippen LogP contribution in [0.25, 0.3) is 5.76 Å². The van der Waals surface area contributed by atoms with Gasteiger partial charge in [0.1, 0.15) is 11.6 Å². The van der Waals surface area contributed by atoms with E-state index in [-0.39, 0.29) is 29.1 Å². The van der Waals surface area contributed by atoms with Gasteiger partial charge in [-0.25, -0.2) is 4.39 Å². The Kier molecular flexibility index (Phi) is 6.82. The molecule has 0 bridgehead atoms. The molecule has 1 fully saturated rings. The molecule has 0 spiro atoms. The van der Waals surface area contributed by atoms with Crippen molar-refractivity contribution in [3.8, 4) is 0 Å². The van der Waals surface area contributed by atoms with E-state index in [0.29, 0.717) is 17.0 Å². The molecular formula is C29H27ClFNO3. The van der Waals surface area contributed by atoms with Crippen molar-refractivity contribution in [3.63, 3.8) is 0 Å². The van der Waals surface area contributed by atoms with Crippen LogP contribution in [0.2, 0.25) is 5.02 Å². The summed E-state index contributed by atoms with van der Waals surface area (Å²) in [6.45, 7) is 6.55. The van der Waals surface area contributed by atoms with Crippen LogP contribution in [-0.4, -0.2) is 28.2 Å². The highest BCUT2D eigenvalue weighted by Crippen LogP contribution is 2.40. The van der Waals surface area contributed by atoms with Crippen molar-refractivity contribution in [1.82, 2.24) is 4.90 Å².